The molecule has 7 nitrogen and oxygen atoms in total. The van der Waals surface area contributed by atoms with Crippen molar-refractivity contribution in [2.75, 3.05) is 24.6 Å². The van der Waals surface area contributed by atoms with Gasteiger partial charge in [-0.05, 0) is 50.2 Å². The SMILES string of the molecule is CCN(CC)c1ccc(C(=O)OCC(=O)c2ccc([N+](=O)[O-])cc2)cc1. The van der Waals surface area contributed by atoms with Crippen LogP contribution in [0.5, 0.6) is 0 Å². The van der Waals surface area contributed by atoms with Gasteiger partial charge in [-0.15, -0.1) is 0 Å². The molecule has 0 aliphatic carbocycles. The van der Waals surface area contributed by atoms with Crippen LogP contribution < -0.4 is 4.90 Å². The van der Waals surface area contributed by atoms with Gasteiger partial charge in [0.15, 0.2) is 12.4 Å². The van der Waals surface area contributed by atoms with Crippen LogP contribution in [0.3, 0.4) is 0 Å². The molecule has 0 atom stereocenters. The summed E-state index contributed by atoms with van der Waals surface area (Å²) in [5.41, 5.74) is 1.51. The van der Waals surface area contributed by atoms with Crippen molar-refractivity contribution in [1.29, 1.82) is 0 Å². The lowest BCUT2D eigenvalue weighted by molar-refractivity contribution is -0.384. The number of nitro benzene ring substituents is 1. The van der Waals surface area contributed by atoms with E-state index in [0.29, 0.717) is 5.56 Å². The average Bonchev–Trinajstić information content (AvgIpc) is 2.67. The number of anilines is 1. The van der Waals surface area contributed by atoms with Crippen molar-refractivity contribution >= 4 is 23.1 Å². The van der Waals surface area contributed by atoms with Crippen LogP contribution >= 0.6 is 0 Å². The highest BCUT2D eigenvalue weighted by Crippen LogP contribution is 2.16. The van der Waals surface area contributed by atoms with Gasteiger partial charge in [0.05, 0.1) is 10.5 Å². The van der Waals surface area contributed by atoms with Gasteiger partial charge in [0.1, 0.15) is 0 Å². The summed E-state index contributed by atoms with van der Waals surface area (Å²) in [6.07, 6.45) is 0. The second-order valence-electron chi connectivity index (χ2n) is 5.52. The Morgan fingerprint density at radius 1 is 0.962 bits per heavy atom. The summed E-state index contributed by atoms with van der Waals surface area (Å²) < 4.78 is 5.04. The molecule has 0 aliphatic heterocycles. The van der Waals surface area contributed by atoms with Gasteiger partial charge in [-0.25, -0.2) is 4.79 Å². The van der Waals surface area contributed by atoms with Crippen molar-refractivity contribution in [2.24, 2.45) is 0 Å². The molecule has 0 N–H and O–H groups in total. The van der Waals surface area contributed by atoms with Crippen molar-refractivity contribution in [3.63, 3.8) is 0 Å². The first-order chi connectivity index (χ1) is 12.5. The summed E-state index contributed by atoms with van der Waals surface area (Å²) in [4.78, 5) is 36.3. The monoisotopic (exact) mass is 356 g/mol. The van der Waals surface area contributed by atoms with Gasteiger partial charge in [-0.3, -0.25) is 14.9 Å². The number of hydrogen-bond acceptors (Lipinski definition) is 6. The van der Waals surface area contributed by atoms with E-state index in [4.69, 9.17) is 4.74 Å². The molecule has 0 heterocycles. The molecule has 0 spiro atoms. The van der Waals surface area contributed by atoms with E-state index >= 15 is 0 Å². The minimum atomic E-state index is -0.591. The van der Waals surface area contributed by atoms with Gasteiger partial charge < -0.3 is 9.64 Å². The lowest BCUT2D eigenvalue weighted by Crippen LogP contribution is -2.21. The number of nitrogens with zero attached hydrogens (tertiary/aromatic N) is 2. The number of ketones is 1. The lowest BCUT2D eigenvalue weighted by atomic mass is 10.1. The molecule has 136 valence electrons. The zero-order valence-corrected chi connectivity index (χ0v) is 14.7. The molecule has 2 aromatic carbocycles. The predicted molar refractivity (Wildman–Crippen MR) is 97.7 cm³/mol. The third-order valence-electron chi connectivity index (χ3n) is 3.97. The van der Waals surface area contributed by atoms with Crippen LogP contribution in [0, 0.1) is 10.1 Å². The first-order valence-corrected chi connectivity index (χ1v) is 8.26. The van der Waals surface area contributed by atoms with Crippen LogP contribution in [0.15, 0.2) is 48.5 Å². The fourth-order valence-corrected chi connectivity index (χ4v) is 2.46. The predicted octanol–water partition coefficient (Wildman–Crippen LogP) is 3.48. The van der Waals surface area contributed by atoms with E-state index in [1.54, 1.807) is 12.1 Å². The number of hydrogen-bond donors (Lipinski definition) is 0. The molecule has 2 aromatic rings. The number of Topliss-reactive ketones (excluding diaryl/α,β-unsaturated/α-hetero) is 1. The minimum absolute atomic E-state index is 0.105. The highest BCUT2D eigenvalue weighted by atomic mass is 16.6. The van der Waals surface area contributed by atoms with Crippen LogP contribution in [-0.2, 0) is 4.74 Å². The Labute approximate surface area is 151 Å². The highest BCUT2D eigenvalue weighted by Gasteiger charge is 2.14. The fraction of sp³-hybridized carbons (Fsp3) is 0.263. The number of carbonyl (C=O) groups excluding carboxylic acids is 2. The topological polar surface area (TPSA) is 89.8 Å². The van der Waals surface area contributed by atoms with Gasteiger partial charge >= 0.3 is 5.97 Å². The number of esters is 1. The number of nitro groups is 1. The number of carbonyl (C=O) groups is 2. The van der Waals surface area contributed by atoms with Crippen molar-refractivity contribution in [3.05, 3.63) is 69.8 Å². The van der Waals surface area contributed by atoms with Crippen molar-refractivity contribution in [3.8, 4) is 0 Å². The Hall–Kier alpha value is -3.22. The molecule has 0 unspecified atom stereocenters. The molecule has 0 saturated carbocycles. The van der Waals surface area contributed by atoms with Crippen LogP contribution in [0.1, 0.15) is 34.6 Å². The molecular weight excluding hydrogens is 336 g/mol. The normalized spacial score (nSPS) is 10.2. The molecule has 0 saturated heterocycles. The maximum absolute atomic E-state index is 12.1. The molecule has 0 aliphatic rings. The maximum Gasteiger partial charge on any atom is 0.338 e. The van der Waals surface area contributed by atoms with E-state index in [2.05, 4.69) is 18.7 Å². The molecular formula is C19H20N2O5. The third-order valence-corrected chi connectivity index (χ3v) is 3.97. The summed E-state index contributed by atoms with van der Waals surface area (Å²) in [6, 6.07) is 12.1. The lowest BCUT2D eigenvalue weighted by Gasteiger charge is -2.20. The number of benzene rings is 2. The van der Waals surface area contributed by atoms with E-state index < -0.39 is 23.3 Å². The van der Waals surface area contributed by atoms with E-state index in [1.165, 1.54) is 24.3 Å². The van der Waals surface area contributed by atoms with Crippen LogP contribution in [0.2, 0.25) is 0 Å². The van der Waals surface area contributed by atoms with Crippen LogP contribution in [0.25, 0.3) is 0 Å². The van der Waals surface area contributed by atoms with Gasteiger partial charge in [0.2, 0.25) is 0 Å². The van der Waals surface area contributed by atoms with Crippen molar-refractivity contribution < 1.29 is 19.2 Å². The second kappa shape index (κ2) is 8.75. The number of non-ortho nitro benzene ring substituents is 1. The quantitative estimate of drug-likeness (QED) is 0.311. The summed E-state index contributed by atoms with van der Waals surface area (Å²) in [7, 11) is 0. The molecule has 26 heavy (non-hydrogen) atoms. The van der Waals surface area contributed by atoms with Crippen molar-refractivity contribution in [1.82, 2.24) is 0 Å². The molecule has 0 amide bonds. The first-order valence-electron chi connectivity index (χ1n) is 8.26. The van der Waals surface area contributed by atoms with E-state index in [9.17, 15) is 19.7 Å². The number of ether oxygens (including phenoxy) is 1. The standard InChI is InChI=1S/C19H20N2O5/c1-3-20(4-2)16-9-7-15(8-10-16)19(23)26-13-18(22)14-5-11-17(12-6-14)21(24)25/h5-12H,3-4,13H2,1-2H3. The Bertz CT molecular complexity index is 781. The van der Waals surface area contributed by atoms with Gasteiger partial charge in [-0.2, -0.15) is 0 Å². The third kappa shape index (κ3) is 4.66. The Kier molecular flexibility index (Phi) is 6.43. The maximum atomic E-state index is 12.1. The zero-order chi connectivity index (χ0) is 19.1. The van der Waals surface area contributed by atoms with Gasteiger partial charge in [-0.1, -0.05) is 0 Å². The first kappa shape index (κ1) is 19.1. The summed E-state index contributed by atoms with van der Waals surface area (Å²) in [5, 5.41) is 10.6. The van der Waals surface area contributed by atoms with E-state index in [-0.39, 0.29) is 11.3 Å². The second-order valence-corrected chi connectivity index (χ2v) is 5.52. The van der Waals surface area contributed by atoms with Gasteiger partial charge in [0.25, 0.3) is 5.69 Å². The van der Waals surface area contributed by atoms with Crippen LogP contribution in [0.4, 0.5) is 11.4 Å². The van der Waals surface area contributed by atoms with E-state index in [1.807, 2.05) is 12.1 Å². The van der Waals surface area contributed by atoms with Crippen molar-refractivity contribution in [2.45, 2.75) is 13.8 Å². The Balaban J connectivity index is 1.95. The Morgan fingerprint density at radius 3 is 2.00 bits per heavy atom. The summed E-state index contributed by atoms with van der Waals surface area (Å²) in [5.74, 6) is -1.01. The molecule has 0 bridgehead atoms. The average molecular weight is 356 g/mol. The minimum Gasteiger partial charge on any atom is -0.454 e. The van der Waals surface area contributed by atoms with Crippen LogP contribution in [-0.4, -0.2) is 36.4 Å². The smallest absolute Gasteiger partial charge is 0.338 e. The zero-order valence-electron chi connectivity index (χ0n) is 14.7. The largest absolute Gasteiger partial charge is 0.454 e. The van der Waals surface area contributed by atoms with Gasteiger partial charge in [0, 0.05) is 36.5 Å². The molecule has 2 rings (SSSR count). The summed E-state index contributed by atoms with van der Waals surface area (Å²) in [6.45, 7) is 5.41. The number of rotatable bonds is 8. The molecule has 0 aromatic heterocycles. The summed E-state index contributed by atoms with van der Waals surface area (Å²) >= 11 is 0. The Morgan fingerprint density at radius 2 is 1.50 bits per heavy atom. The van der Waals surface area contributed by atoms with E-state index in [0.717, 1.165) is 18.8 Å². The molecule has 0 fully saturated rings. The highest BCUT2D eigenvalue weighted by molar-refractivity contribution is 5.99. The molecule has 7 heteroatoms. The molecule has 0 radical (unpaired) electrons. The fourth-order valence-electron chi connectivity index (χ4n) is 2.46.